The van der Waals surface area contributed by atoms with Crippen LogP contribution in [0.4, 0.5) is 0 Å². The van der Waals surface area contributed by atoms with Gasteiger partial charge in [-0.3, -0.25) is 19.2 Å². The lowest BCUT2D eigenvalue weighted by Gasteiger charge is -2.11. The highest BCUT2D eigenvalue weighted by Crippen LogP contribution is 2.04. The molecule has 0 aromatic heterocycles. The molecule has 12 heteroatoms. The van der Waals surface area contributed by atoms with Crippen molar-refractivity contribution < 1.29 is 39.6 Å². The van der Waals surface area contributed by atoms with Gasteiger partial charge in [0, 0.05) is 6.42 Å². The summed E-state index contributed by atoms with van der Waals surface area (Å²) in [5, 5.41) is 33.0. The molecule has 0 heterocycles. The Morgan fingerprint density at radius 2 is 1.24 bits per heavy atom. The van der Waals surface area contributed by atoms with Crippen molar-refractivity contribution in [1.82, 2.24) is 0 Å². The molecule has 29 heavy (non-hydrogen) atoms. The van der Waals surface area contributed by atoms with Crippen LogP contribution >= 0.6 is 0 Å². The highest BCUT2D eigenvalue weighted by Gasteiger charge is 2.17. The zero-order valence-electron chi connectivity index (χ0n) is 17.0. The Morgan fingerprint density at radius 1 is 0.793 bits per heavy atom. The molecule has 0 aromatic rings. The monoisotopic (exact) mass is 424 g/mol. The first-order valence-corrected chi connectivity index (χ1v) is 9.18. The third-order valence-electron chi connectivity index (χ3n) is 3.82. The van der Waals surface area contributed by atoms with E-state index in [2.05, 4.69) is 0 Å². The van der Waals surface area contributed by atoms with Crippen LogP contribution in [0.5, 0.6) is 0 Å². The molecule has 12 nitrogen and oxygen atoms in total. The van der Waals surface area contributed by atoms with E-state index in [0.717, 1.165) is 19.3 Å². The van der Waals surface area contributed by atoms with Crippen molar-refractivity contribution in [2.24, 2.45) is 28.9 Å². The molecular formula is C17H36N4O8. The maximum absolute atomic E-state index is 10.2. The summed E-state index contributed by atoms with van der Waals surface area (Å²) in [4.78, 5) is 40.2. The Bertz CT molecular complexity index is 490. The second-order valence-electron chi connectivity index (χ2n) is 6.36. The van der Waals surface area contributed by atoms with Gasteiger partial charge < -0.3 is 43.4 Å². The van der Waals surface area contributed by atoms with Crippen molar-refractivity contribution in [3.05, 3.63) is 0 Å². The molecule has 0 spiro atoms. The fourth-order valence-corrected chi connectivity index (χ4v) is 1.53. The third-order valence-corrected chi connectivity index (χ3v) is 3.82. The number of rotatable bonds is 12. The minimum absolute atomic E-state index is 0.0231. The van der Waals surface area contributed by atoms with Crippen molar-refractivity contribution in [3.63, 3.8) is 0 Å². The summed E-state index contributed by atoms with van der Waals surface area (Å²) >= 11 is 0. The summed E-state index contributed by atoms with van der Waals surface area (Å²) in [6.45, 7) is 4.36. The van der Waals surface area contributed by atoms with Crippen LogP contribution in [0.25, 0.3) is 0 Å². The van der Waals surface area contributed by atoms with Gasteiger partial charge in [-0.1, -0.05) is 26.7 Å². The van der Waals surface area contributed by atoms with Gasteiger partial charge in [-0.05, 0) is 31.7 Å². The first kappa shape index (κ1) is 31.4. The van der Waals surface area contributed by atoms with Crippen molar-refractivity contribution >= 4 is 23.9 Å². The Morgan fingerprint density at radius 3 is 1.52 bits per heavy atom. The Labute approximate surface area is 170 Å². The molecule has 0 unspecified atom stereocenters. The normalized spacial score (nSPS) is 14.0. The van der Waals surface area contributed by atoms with Gasteiger partial charge in [0.1, 0.15) is 18.1 Å². The van der Waals surface area contributed by atoms with Crippen molar-refractivity contribution in [2.45, 2.75) is 70.5 Å². The lowest BCUT2D eigenvalue weighted by molar-refractivity contribution is -0.141. The largest absolute Gasteiger partial charge is 0.481 e. The quantitative estimate of drug-likeness (QED) is 0.180. The average molecular weight is 424 g/mol. The molecule has 0 aliphatic carbocycles. The molecule has 0 amide bonds. The molecule has 172 valence electrons. The number of nitrogens with two attached hydrogens (primary N) is 4. The summed E-state index contributed by atoms with van der Waals surface area (Å²) in [5.74, 6) is -3.97. The maximum atomic E-state index is 10.2. The summed E-state index contributed by atoms with van der Waals surface area (Å²) in [5.41, 5.74) is 20.7. The highest BCUT2D eigenvalue weighted by molar-refractivity contribution is 5.74. The molecule has 0 rings (SSSR count). The number of unbranched alkanes of at least 4 members (excludes halogenated alkanes) is 1. The first-order chi connectivity index (χ1) is 13.3. The molecule has 0 saturated heterocycles. The minimum atomic E-state index is -1.17. The molecule has 0 radical (unpaired) electrons. The van der Waals surface area contributed by atoms with Crippen molar-refractivity contribution in [2.75, 3.05) is 6.54 Å². The Balaban J connectivity index is -0.000000350. The lowest BCUT2D eigenvalue weighted by atomic mass is 10.0. The van der Waals surface area contributed by atoms with E-state index >= 15 is 0 Å². The predicted molar refractivity (Wildman–Crippen MR) is 106 cm³/mol. The van der Waals surface area contributed by atoms with Gasteiger partial charge >= 0.3 is 23.9 Å². The van der Waals surface area contributed by atoms with E-state index in [1.54, 1.807) is 0 Å². The maximum Gasteiger partial charge on any atom is 0.320 e. The van der Waals surface area contributed by atoms with E-state index in [0.29, 0.717) is 13.0 Å². The van der Waals surface area contributed by atoms with E-state index in [4.69, 9.17) is 43.4 Å². The smallest absolute Gasteiger partial charge is 0.320 e. The van der Waals surface area contributed by atoms with E-state index in [1.165, 1.54) is 0 Å². The summed E-state index contributed by atoms with van der Waals surface area (Å²) in [6.07, 6.45) is 2.75. The number of hydrogen-bond acceptors (Lipinski definition) is 8. The topological polar surface area (TPSA) is 253 Å². The lowest BCUT2D eigenvalue weighted by Crippen LogP contribution is -2.36. The van der Waals surface area contributed by atoms with Crippen LogP contribution in [0.15, 0.2) is 0 Å². The van der Waals surface area contributed by atoms with Crippen molar-refractivity contribution in [3.8, 4) is 0 Å². The SMILES string of the molecule is CC[C@H](C)[C@H](N)C(=O)O.NCCCC[C@H](N)C(=O)O.N[C@@H](CCC(=O)O)C(=O)O. The van der Waals surface area contributed by atoms with Crippen LogP contribution in [0.2, 0.25) is 0 Å². The Kier molecular flexibility index (Phi) is 20.6. The average Bonchev–Trinajstić information content (AvgIpc) is 2.65. The summed E-state index contributed by atoms with van der Waals surface area (Å²) in [6, 6.07) is -2.47. The van der Waals surface area contributed by atoms with Gasteiger partial charge in [0.15, 0.2) is 0 Å². The van der Waals surface area contributed by atoms with Crippen LogP contribution in [0.1, 0.15) is 52.4 Å². The summed E-state index contributed by atoms with van der Waals surface area (Å²) in [7, 11) is 0. The third kappa shape index (κ3) is 21.9. The molecular weight excluding hydrogens is 388 g/mol. The molecule has 0 aliphatic heterocycles. The van der Waals surface area contributed by atoms with Gasteiger partial charge in [-0.2, -0.15) is 0 Å². The molecule has 0 fully saturated rings. The fourth-order valence-electron chi connectivity index (χ4n) is 1.53. The minimum Gasteiger partial charge on any atom is -0.481 e. The highest BCUT2D eigenvalue weighted by atomic mass is 16.4. The predicted octanol–water partition coefficient (Wildman–Crippen LogP) is -0.765. The molecule has 0 aliphatic rings. The van der Waals surface area contributed by atoms with E-state index in [-0.39, 0.29) is 18.8 Å². The van der Waals surface area contributed by atoms with Crippen LogP contribution in [-0.2, 0) is 19.2 Å². The molecule has 4 atom stereocenters. The molecule has 12 N–H and O–H groups in total. The first-order valence-electron chi connectivity index (χ1n) is 9.18. The van der Waals surface area contributed by atoms with E-state index < -0.39 is 42.0 Å². The molecule has 0 aromatic carbocycles. The molecule has 0 saturated carbocycles. The Hall–Kier alpha value is -2.28. The zero-order chi connectivity index (χ0) is 23.6. The molecule has 0 bridgehead atoms. The number of hydrogen-bond donors (Lipinski definition) is 8. The van der Waals surface area contributed by atoms with E-state index in [9.17, 15) is 19.2 Å². The standard InChI is InChI=1S/C6H14N2O2.C6H13NO2.C5H9NO4/c7-4-2-1-3-5(8)6(9)10;1-3-4(2)5(7)6(8)9;6-3(5(9)10)1-2-4(7)8/h5H,1-4,7-8H2,(H,9,10);4-5H,3,7H2,1-2H3,(H,8,9);3H,1-2,6H2,(H,7,8)(H,9,10)/t5-;4-,5-;3-/m000/s1. The number of carboxylic acid groups (broad SMARTS) is 4. The second kappa shape index (κ2) is 19.1. The van der Waals surface area contributed by atoms with E-state index in [1.807, 2.05) is 13.8 Å². The van der Waals surface area contributed by atoms with Gasteiger partial charge in [0.2, 0.25) is 0 Å². The second-order valence-corrected chi connectivity index (χ2v) is 6.36. The summed E-state index contributed by atoms with van der Waals surface area (Å²) < 4.78 is 0. The fraction of sp³-hybridized carbons (Fsp3) is 0.765. The van der Waals surface area contributed by atoms with Gasteiger partial charge in [0.25, 0.3) is 0 Å². The van der Waals surface area contributed by atoms with Crippen LogP contribution in [0.3, 0.4) is 0 Å². The zero-order valence-corrected chi connectivity index (χ0v) is 17.0. The number of aliphatic carboxylic acids is 4. The number of carbonyl (C=O) groups is 4. The van der Waals surface area contributed by atoms with Gasteiger partial charge in [0.05, 0.1) is 0 Å². The van der Waals surface area contributed by atoms with Crippen LogP contribution in [0, 0.1) is 5.92 Å². The van der Waals surface area contributed by atoms with Crippen molar-refractivity contribution in [1.29, 1.82) is 0 Å². The van der Waals surface area contributed by atoms with Gasteiger partial charge in [-0.25, -0.2) is 0 Å². The van der Waals surface area contributed by atoms with Crippen LogP contribution < -0.4 is 22.9 Å². The van der Waals surface area contributed by atoms with Gasteiger partial charge in [-0.15, -0.1) is 0 Å². The number of carboxylic acids is 4. The van der Waals surface area contributed by atoms with Crippen LogP contribution in [-0.4, -0.2) is 69.0 Å².